The van der Waals surface area contributed by atoms with Gasteiger partial charge in [-0.05, 0) is 61.6 Å². The van der Waals surface area contributed by atoms with Crippen LogP contribution in [0.5, 0.6) is 0 Å². The van der Waals surface area contributed by atoms with Crippen molar-refractivity contribution in [2.75, 3.05) is 5.75 Å². The standard InChI is InChI=1S/C28H29N3O2S/c1-3-21-15-17-23(18-16-21)31-27(33)24-11-7-8-12-25(24)30-28(31)34-19-26(32)29-20(2)13-14-22-9-5-4-6-10-22/h4-12,15-18,20H,3,13-14,19H2,1-2H3,(H,29,32). The normalized spacial score (nSPS) is 11.9. The molecular formula is C28H29N3O2S. The Hall–Kier alpha value is -3.38. The van der Waals surface area contributed by atoms with Crippen molar-refractivity contribution in [3.63, 3.8) is 0 Å². The molecule has 1 amide bonds. The van der Waals surface area contributed by atoms with Crippen molar-refractivity contribution in [2.45, 2.75) is 44.3 Å². The maximum Gasteiger partial charge on any atom is 0.266 e. The van der Waals surface area contributed by atoms with Gasteiger partial charge in [-0.2, -0.15) is 0 Å². The Morgan fingerprint density at radius 3 is 2.41 bits per heavy atom. The molecule has 34 heavy (non-hydrogen) atoms. The van der Waals surface area contributed by atoms with E-state index in [1.54, 1.807) is 10.6 Å². The molecule has 3 aromatic carbocycles. The van der Waals surface area contributed by atoms with E-state index < -0.39 is 0 Å². The lowest BCUT2D eigenvalue weighted by Crippen LogP contribution is -2.34. The van der Waals surface area contributed by atoms with Gasteiger partial charge in [0.25, 0.3) is 5.56 Å². The van der Waals surface area contributed by atoms with Crippen molar-refractivity contribution in [1.29, 1.82) is 0 Å². The Balaban J connectivity index is 1.50. The Morgan fingerprint density at radius 2 is 1.68 bits per heavy atom. The van der Waals surface area contributed by atoms with Crippen LogP contribution < -0.4 is 10.9 Å². The predicted molar refractivity (Wildman–Crippen MR) is 140 cm³/mol. The lowest BCUT2D eigenvalue weighted by atomic mass is 10.1. The van der Waals surface area contributed by atoms with Crippen LogP contribution in [0.1, 0.15) is 31.4 Å². The number of carbonyl (C=O) groups is 1. The number of para-hydroxylation sites is 1. The van der Waals surface area contributed by atoms with E-state index in [-0.39, 0.29) is 23.3 Å². The van der Waals surface area contributed by atoms with E-state index >= 15 is 0 Å². The number of nitrogens with one attached hydrogen (secondary N) is 1. The number of hydrogen-bond acceptors (Lipinski definition) is 4. The fourth-order valence-electron chi connectivity index (χ4n) is 3.86. The smallest absolute Gasteiger partial charge is 0.266 e. The van der Waals surface area contributed by atoms with Crippen LogP contribution in [0.3, 0.4) is 0 Å². The van der Waals surface area contributed by atoms with E-state index in [2.05, 4.69) is 24.4 Å². The summed E-state index contributed by atoms with van der Waals surface area (Å²) in [7, 11) is 0. The molecule has 1 unspecified atom stereocenters. The second-order valence-corrected chi connectivity index (χ2v) is 9.30. The molecule has 0 fully saturated rings. The van der Waals surface area contributed by atoms with Crippen molar-refractivity contribution >= 4 is 28.6 Å². The second kappa shape index (κ2) is 11.2. The topological polar surface area (TPSA) is 64.0 Å². The maximum atomic E-state index is 13.4. The second-order valence-electron chi connectivity index (χ2n) is 8.35. The highest BCUT2D eigenvalue weighted by Crippen LogP contribution is 2.22. The molecule has 0 radical (unpaired) electrons. The van der Waals surface area contributed by atoms with Crippen molar-refractivity contribution in [3.8, 4) is 5.69 Å². The van der Waals surface area contributed by atoms with Gasteiger partial charge in [-0.25, -0.2) is 4.98 Å². The van der Waals surface area contributed by atoms with Gasteiger partial charge >= 0.3 is 0 Å². The zero-order chi connectivity index (χ0) is 23.9. The number of rotatable bonds is 9. The highest BCUT2D eigenvalue weighted by atomic mass is 32.2. The molecule has 0 spiro atoms. The molecule has 4 aromatic rings. The lowest BCUT2D eigenvalue weighted by Gasteiger charge is -2.15. The van der Waals surface area contributed by atoms with Gasteiger partial charge in [-0.1, -0.05) is 73.3 Å². The van der Waals surface area contributed by atoms with Gasteiger partial charge in [0.1, 0.15) is 0 Å². The minimum Gasteiger partial charge on any atom is -0.353 e. The summed E-state index contributed by atoms with van der Waals surface area (Å²) in [5.41, 5.74) is 3.71. The third kappa shape index (κ3) is 5.75. The minimum absolute atomic E-state index is 0.0571. The number of thioether (sulfide) groups is 1. The van der Waals surface area contributed by atoms with Crippen LogP contribution in [-0.4, -0.2) is 27.3 Å². The van der Waals surface area contributed by atoms with Crippen molar-refractivity contribution in [2.24, 2.45) is 0 Å². The molecule has 0 aliphatic rings. The number of nitrogens with zero attached hydrogens (tertiary/aromatic N) is 2. The molecule has 1 aromatic heterocycles. The summed E-state index contributed by atoms with van der Waals surface area (Å²) < 4.78 is 1.61. The number of benzene rings is 3. The third-order valence-electron chi connectivity index (χ3n) is 5.80. The van der Waals surface area contributed by atoms with Crippen molar-refractivity contribution in [1.82, 2.24) is 14.9 Å². The SMILES string of the molecule is CCc1ccc(-n2c(SCC(=O)NC(C)CCc3ccccc3)nc3ccccc3c2=O)cc1. The first kappa shape index (κ1) is 23.8. The number of aryl methyl sites for hydroxylation is 2. The Morgan fingerprint density at radius 1 is 0.971 bits per heavy atom. The van der Waals surface area contributed by atoms with Crippen LogP contribution in [0, 0.1) is 0 Å². The highest BCUT2D eigenvalue weighted by Gasteiger charge is 2.15. The van der Waals surface area contributed by atoms with Gasteiger partial charge in [-0.3, -0.25) is 14.2 Å². The molecule has 6 heteroatoms. The van der Waals surface area contributed by atoms with Crippen LogP contribution in [0.15, 0.2) is 88.8 Å². The first-order valence-electron chi connectivity index (χ1n) is 11.6. The average molecular weight is 472 g/mol. The molecule has 0 aliphatic carbocycles. The molecule has 1 heterocycles. The van der Waals surface area contributed by atoms with Gasteiger partial charge in [0.15, 0.2) is 5.16 Å². The van der Waals surface area contributed by atoms with E-state index in [1.807, 2.05) is 67.6 Å². The molecule has 174 valence electrons. The zero-order valence-corrected chi connectivity index (χ0v) is 20.3. The molecule has 0 bridgehead atoms. The lowest BCUT2D eigenvalue weighted by molar-refractivity contribution is -0.119. The number of carbonyl (C=O) groups excluding carboxylic acids is 1. The third-order valence-corrected chi connectivity index (χ3v) is 6.73. The van der Waals surface area contributed by atoms with Gasteiger partial charge in [0, 0.05) is 6.04 Å². The molecular weight excluding hydrogens is 442 g/mol. The van der Waals surface area contributed by atoms with Crippen molar-refractivity contribution in [3.05, 3.63) is 100 Å². The largest absolute Gasteiger partial charge is 0.353 e. The van der Waals surface area contributed by atoms with Crippen LogP contribution >= 0.6 is 11.8 Å². The van der Waals surface area contributed by atoms with Gasteiger partial charge in [0.2, 0.25) is 5.91 Å². The predicted octanol–water partition coefficient (Wildman–Crippen LogP) is 5.18. The summed E-state index contributed by atoms with van der Waals surface area (Å²) in [6.45, 7) is 4.12. The quantitative estimate of drug-likeness (QED) is 0.270. The maximum absolute atomic E-state index is 13.4. The first-order valence-corrected chi connectivity index (χ1v) is 12.6. The number of aromatic nitrogens is 2. The number of amides is 1. The summed E-state index contributed by atoms with van der Waals surface area (Å²) in [6, 6.07) is 25.6. The van der Waals surface area contributed by atoms with E-state index in [0.717, 1.165) is 24.9 Å². The van der Waals surface area contributed by atoms with E-state index in [9.17, 15) is 9.59 Å². The molecule has 0 saturated heterocycles. The fourth-order valence-corrected chi connectivity index (χ4v) is 4.69. The summed E-state index contributed by atoms with van der Waals surface area (Å²) in [6.07, 6.45) is 2.70. The zero-order valence-electron chi connectivity index (χ0n) is 19.5. The molecule has 1 atom stereocenters. The fraction of sp³-hybridized carbons (Fsp3) is 0.250. The first-order chi connectivity index (χ1) is 16.5. The van der Waals surface area contributed by atoms with Gasteiger partial charge < -0.3 is 5.32 Å². The molecule has 1 N–H and O–H groups in total. The summed E-state index contributed by atoms with van der Waals surface area (Å²) in [5.74, 6) is 0.119. The summed E-state index contributed by atoms with van der Waals surface area (Å²) in [4.78, 5) is 30.8. The number of hydrogen-bond donors (Lipinski definition) is 1. The Kier molecular flexibility index (Phi) is 7.80. The summed E-state index contributed by atoms with van der Waals surface area (Å²) >= 11 is 1.29. The monoisotopic (exact) mass is 471 g/mol. The van der Waals surface area contributed by atoms with E-state index in [1.165, 1.54) is 22.9 Å². The van der Waals surface area contributed by atoms with Gasteiger partial charge in [0.05, 0.1) is 22.3 Å². The Labute approximate surface area is 204 Å². The highest BCUT2D eigenvalue weighted by molar-refractivity contribution is 7.99. The molecule has 0 saturated carbocycles. The molecule has 5 nitrogen and oxygen atoms in total. The van der Waals surface area contributed by atoms with Crippen LogP contribution in [0.4, 0.5) is 0 Å². The molecule has 0 aliphatic heterocycles. The minimum atomic E-state index is -0.131. The van der Waals surface area contributed by atoms with Crippen LogP contribution in [0.25, 0.3) is 16.6 Å². The van der Waals surface area contributed by atoms with E-state index in [4.69, 9.17) is 4.98 Å². The summed E-state index contributed by atoms with van der Waals surface area (Å²) in [5, 5.41) is 4.15. The van der Waals surface area contributed by atoms with Crippen LogP contribution in [-0.2, 0) is 17.6 Å². The average Bonchev–Trinajstić information content (AvgIpc) is 2.87. The van der Waals surface area contributed by atoms with Gasteiger partial charge in [-0.15, -0.1) is 0 Å². The van der Waals surface area contributed by atoms with Crippen molar-refractivity contribution < 1.29 is 4.79 Å². The van der Waals surface area contributed by atoms with Crippen LogP contribution in [0.2, 0.25) is 0 Å². The van der Waals surface area contributed by atoms with E-state index in [0.29, 0.717) is 16.1 Å². The molecule has 4 rings (SSSR count). The number of fused-ring (bicyclic) bond motifs is 1. The Bertz CT molecular complexity index is 1320.